The monoisotopic (exact) mass is 219 g/mol. The van der Waals surface area contributed by atoms with Crippen molar-refractivity contribution in [3.8, 4) is 0 Å². The first-order chi connectivity index (χ1) is 7.53. The van der Waals surface area contributed by atoms with Crippen molar-refractivity contribution >= 4 is 5.82 Å². The Balaban J connectivity index is 1.92. The minimum Gasteiger partial charge on any atom is -0.367 e. The van der Waals surface area contributed by atoms with Gasteiger partial charge in [0.1, 0.15) is 5.82 Å². The highest BCUT2D eigenvalue weighted by Crippen LogP contribution is 2.23. The number of anilines is 1. The van der Waals surface area contributed by atoms with Crippen molar-refractivity contribution in [3.63, 3.8) is 0 Å². The van der Waals surface area contributed by atoms with Gasteiger partial charge in [0.2, 0.25) is 0 Å². The molecule has 0 bridgehead atoms. The first kappa shape index (κ1) is 11.4. The van der Waals surface area contributed by atoms with E-state index >= 15 is 0 Å². The van der Waals surface area contributed by atoms with Crippen LogP contribution in [0.3, 0.4) is 0 Å². The molecule has 1 fully saturated rings. The summed E-state index contributed by atoms with van der Waals surface area (Å²) >= 11 is 0. The largest absolute Gasteiger partial charge is 0.367 e. The maximum Gasteiger partial charge on any atom is 0.126 e. The van der Waals surface area contributed by atoms with Gasteiger partial charge in [0, 0.05) is 24.3 Å². The Morgan fingerprint density at radius 2 is 2.12 bits per heavy atom. The second-order valence-corrected chi connectivity index (χ2v) is 5.57. The second kappa shape index (κ2) is 4.42. The van der Waals surface area contributed by atoms with Crippen LogP contribution in [0, 0.1) is 0 Å². The topological polar surface area (TPSA) is 37.0 Å². The highest BCUT2D eigenvalue weighted by atomic mass is 15.0. The van der Waals surface area contributed by atoms with E-state index in [4.69, 9.17) is 0 Å². The van der Waals surface area contributed by atoms with Gasteiger partial charge >= 0.3 is 0 Å². The van der Waals surface area contributed by atoms with E-state index in [1.165, 1.54) is 18.4 Å². The number of hydrogen-bond acceptors (Lipinski definition) is 3. The summed E-state index contributed by atoms with van der Waals surface area (Å²) in [6, 6.07) is 4.87. The SMILES string of the molecule is CC(C)(C)NCc1ccnc(NC2CC2)c1. The number of rotatable bonds is 4. The predicted molar refractivity (Wildman–Crippen MR) is 67.5 cm³/mol. The van der Waals surface area contributed by atoms with Gasteiger partial charge in [-0.1, -0.05) is 0 Å². The lowest BCUT2D eigenvalue weighted by Crippen LogP contribution is -2.35. The Morgan fingerprint density at radius 1 is 1.38 bits per heavy atom. The molecule has 2 N–H and O–H groups in total. The molecule has 0 saturated heterocycles. The maximum atomic E-state index is 4.33. The van der Waals surface area contributed by atoms with Crippen LogP contribution in [0.4, 0.5) is 5.82 Å². The van der Waals surface area contributed by atoms with Gasteiger partial charge in [-0.15, -0.1) is 0 Å². The summed E-state index contributed by atoms with van der Waals surface area (Å²) in [5, 5.41) is 6.89. The summed E-state index contributed by atoms with van der Waals surface area (Å²) in [6.45, 7) is 7.43. The molecule has 1 heterocycles. The fourth-order valence-corrected chi connectivity index (χ4v) is 1.47. The Hall–Kier alpha value is -1.09. The zero-order chi connectivity index (χ0) is 11.6. The lowest BCUT2D eigenvalue weighted by atomic mass is 10.1. The second-order valence-electron chi connectivity index (χ2n) is 5.57. The molecule has 0 aromatic carbocycles. The highest BCUT2D eigenvalue weighted by molar-refractivity contribution is 5.39. The van der Waals surface area contributed by atoms with Crippen LogP contribution < -0.4 is 10.6 Å². The smallest absolute Gasteiger partial charge is 0.126 e. The predicted octanol–water partition coefficient (Wildman–Crippen LogP) is 2.54. The molecule has 0 aliphatic heterocycles. The van der Waals surface area contributed by atoms with Crippen LogP contribution in [-0.2, 0) is 6.54 Å². The molecular formula is C13H21N3. The van der Waals surface area contributed by atoms with E-state index in [0.717, 1.165) is 12.4 Å². The molecule has 0 atom stereocenters. The third kappa shape index (κ3) is 3.81. The van der Waals surface area contributed by atoms with Crippen LogP contribution >= 0.6 is 0 Å². The first-order valence-corrected chi connectivity index (χ1v) is 5.99. The molecule has 1 aliphatic rings. The molecule has 1 saturated carbocycles. The van der Waals surface area contributed by atoms with Crippen molar-refractivity contribution in [2.24, 2.45) is 0 Å². The minimum atomic E-state index is 0.160. The van der Waals surface area contributed by atoms with Crippen molar-refractivity contribution in [1.29, 1.82) is 0 Å². The molecule has 16 heavy (non-hydrogen) atoms. The van der Waals surface area contributed by atoms with Gasteiger partial charge in [0.25, 0.3) is 0 Å². The van der Waals surface area contributed by atoms with Crippen molar-refractivity contribution in [3.05, 3.63) is 23.9 Å². The van der Waals surface area contributed by atoms with Gasteiger partial charge in [-0.3, -0.25) is 0 Å². The lowest BCUT2D eigenvalue weighted by molar-refractivity contribution is 0.424. The highest BCUT2D eigenvalue weighted by Gasteiger charge is 2.21. The summed E-state index contributed by atoms with van der Waals surface area (Å²) in [5.41, 5.74) is 1.45. The normalized spacial score (nSPS) is 16.2. The van der Waals surface area contributed by atoms with Gasteiger partial charge in [-0.2, -0.15) is 0 Å². The lowest BCUT2D eigenvalue weighted by Gasteiger charge is -2.20. The Labute approximate surface area is 97.7 Å². The third-order valence-corrected chi connectivity index (χ3v) is 2.58. The fraction of sp³-hybridized carbons (Fsp3) is 0.615. The molecule has 0 unspecified atom stereocenters. The van der Waals surface area contributed by atoms with E-state index in [1.807, 2.05) is 6.20 Å². The van der Waals surface area contributed by atoms with E-state index in [-0.39, 0.29) is 5.54 Å². The number of pyridine rings is 1. The van der Waals surface area contributed by atoms with Crippen LogP contribution in [0.1, 0.15) is 39.2 Å². The van der Waals surface area contributed by atoms with E-state index in [9.17, 15) is 0 Å². The zero-order valence-electron chi connectivity index (χ0n) is 10.4. The molecule has 0 amide bonds. The van der Waals surface area contributed by atoms with E-state index in [2.05, 4.69) is 48.5 Å². The fourth-order valence-electron chi connectivity index (χ4n) is 1.47. The van der Waals surface area contributed by atoms with Crippen molar-refractivity contribution in [1.82, 2.24) is 10.3 Å². The molecule has 0 radical (unpaired) electrons. The molecule has 1 aromatic rings. The average molecular weight is 219 g/mol. The van der Waals surface area contributed by atoms with Crippen LogP contribution in [0.15, 0.2) is 18.3 Å². The molecule has 0 spiro atoms. The number of aromatic nitrogens is 1. The Kier molecular flexibility index (Phi) is 3.15. The molecular weight excluding hydrogens is 198 g/mol. The zero-order valence-corrected chi connectivity index (χ0v) is 10.4. The minimum absolute atomic E-state index is 0.160. The van der Waals surface area contributed by atoms with Crippen molar-refractivity contribution < 1.29 is 0 Å². The van der Waals surface area contributed by atoms with Gasteiger partial charge in [-0.25, -0.2) is 4.98 Å². The summed E-state index contributed by atoms with van der Waals surface area (Å²) < 4.78 is 0. The standard InChI is InChI=1S/C13H21N3/c1-13(2,3)15-9-10-6-7-14-12(8-10)16-11-4-5-11/h6-8,11,15H,4-5,9H2,1-3H3,(H,14,16). The van der Waals surface area contributed by atoms with Gasteiger partial charge in [-0.05, 0) is 51.3 Å². The molecule has 1 aromatic heterocycles. The quantitative estimate of drug-likeness (QED) is 0.817. The third-order valence-electron chi connectivity index (χ3n) is 2.58. The van der Waals surface area contributed by atoms with Crippen LogP contribution in [0.2, 0.25) is 0 Å². The van der Waals surface area contributed by atoms with Gasteiger partial charge in [0.15, 0.2) is 0 Å². The van der Waals surface area contributed by atoms with Crippen molar-refractivity contribution in [2.45, 2.75) is 51.7 Å². The molecule has 88 valence electrons. The average Bonchev–Trinajstić information content (AvgIpc) is 2.98. The Morgan fingerprint density at radius 3 is 2.75 bits per heavy atom. The summed E-state index contributed by atoms with van der Waals surface area (Å²) in [6.07, 6.45) is 4.45. The van der Waals surface area contributed by atoms with Crippen LogP contribution in [0.5, 0.6) is 0 Å². The molecule has 2 rings (SSSR count). The molecule has 1 aliphatic carbocycles. The van der Waals surface area contributed by atoms with Crippen LogP contribution in [0.25, 0.3) is 0 Å². The van der Waals surface area contributed by atoms with Gasteiger partial charge < -0.3 is 10.6 Å². The summed E-state index contributed by atoms with van der Waals surface area (Å²) in [7, 11) is 0. The van der Waals surface area contributed by atoms with Gasteiger partial charge in [0.05, 0.1) is 0 Å². The number of hydrogen-bond donors (Lipinski definition) is 2. The number of nitrogens with zero attached hydrogens (tertiary/aromatic N) is 1. The molecule has 3 nitrogen and oxygen atoms in total. The van der Waals surface area contributed by atoms with E-state index < -0.39 is 0 Å². The van der Waals surface area contributed by atoms with Crippen LogP contribution in [-0.4, -0.2) is 16.6 Å². The van der Waals surface area contributed by atoms with Crippen molar-refractivity contribution in [2.75, 3.05) is 5.32 Å². The maximum absolute atomic E-state index is 4.33. The summed E-state index contributed by atoms with van der Waals surface area (Å²) in [5.74, 6) is 1.01. The first-order valence-electron chi connectivity index (χ1n) is 5.99. The Bertz CT molecular complexity index is 350. The number of nitrogens with one attached hydrogen (secondary N) is 2. The van der Waals surface area contributed by atoms with E-state index in [1.54, 1.807) is 0 Å². The molecule has 3 heteroatoms. The van der Waals surface area contributed by atoms with E-state index in [0.29, 0.717) is 6.04 Å². The summed E-state index contributed by atoms with van der Waals surface area (Å²) in [4.78, 5) is 4.33.